The highest BCUT2D eigenvalue weighted by molar-refractivity contribution is 5.97. The third kappa shape index (κ3) is 5.47. The number of amides is 2. The van der Waals surface area contributed by atoms with Gasteiger partial charge in [0.05, 0.1) is 12.2 Å². The molecule has 1 aromatic carbocycles. The Bertz CT molecular complexity index is 1330. The van der Waals surface area contributed by atoms with Crippen LogP contribution in [0.5, 0.6) is 5.75 Å². The number of pyridine rings is 1. The fourth-order valence-electron chi connectivity index (χ4n) is 5.74. The molecule has 5 heterocycles. The Hall–Kier alpha value is -3.36. The third-order valence-corrected chi connectivity index (χ3v) is 8.13. The summed E-state index contributed by atoms with van der Waals surface area (Å²) in [6, 6.07) is 4.35. The Labute approximate surface area is 232 Å². The number of nitrogens with one attached hydrogen (secondary N) is 1. The number of morpholine rings is 1. The first-order chi connectivity index (χ1) is 19.3. The van der Waals surface area contributed by atoms with Crippen LogP contribution in [-0.2, 0) is 14.3 Å². The summed E-state index contributed by atoms with van der Waals surface area (Å²) in [6.07, 6.45) is -4.32. The van der Waals surface area contributed by atoms with Crippen molar-refractivity contribution < 1.29 is 45.8 Å². The van der Waals surface area contributed by atoms with Crippen molar-refractivity contribution in [3.8, 4) is 5.75 Å². The molecule has 9 nitrogen and oxygen atoms in total. The topological polar surface area (TPSA) is 116 Å². The Morgan fingerprint density at radius 3 is 2.54 bits per heavy atom. The van der Waals surface area contributed by atoms with Crippen LogP contribution in [0.1, 0.15) is 42.2 Å². The van der Waals surface area contributed by atoms with Gasteiger partial charge >= 0.3 is 6.18 Å². The highest BCUT2D eigenvalue weighted by atomic mass is 19.4. The number of anilines is 1. The number of carbonyl (C=O) groups excluding carboxylic acids is 2. The maximum Gasteiger partial charge on any atom is 0.417 e. The van der Waals surface area contributed by atoms with Gasteiger partial charge in [-0.25, -0.2) is 4.39 Å². The largest absolute Gasteiger partial charge is 0.489 e. The van der Waals surface area contributed by atoms with E-state index in [2.05, 4.69) is 10.3 Å². The summed E-state index contributed by atoms with van der Waals surface area (Å²) < 4.78 is 89.0. The molecule has 4 saturated heterocycles. The zero-order chi connectivity index (χ0) is 29.7. The monoisotopic (exact) mass is 584 g/mol. The van der Waals surface area contributed by atoms with Gasteiger partial charge in [0.15, 0.2) is 17.2 Å². The van der Waals surface area contributed by atoms with Crippen LogP contribution in [0.3, 0.4) is 0 Å². The van der Waals surface area contributed by atoms with Gasteiger partial charge in [-0.3, -0.25) is 19.5 Å². The SMILES string of the molecule is C[C@H]1[C@@H](c2ccc(F)c(F)c2OCCN2CC3CC(C2)O3)[C@H](C(=O)Nc2ccnc(C(N)=O)c2)O[C@@]1(C)C(F)(F)F. The molecule has 4 fully saturated rings. The number of aromatic nitrogens is 1. The van der Waals surface area contributed by atoms with Gasteiger partial charge < -0.3 is 25.3 Å². The van der Waals surface area contributed by atoms with Crippen molar-refractivity contribution >= 4 is 17.5 Å². The van der Waals surface area contributed by atoms with Gasteiger partial charge in [-0.1, -0.05) is 13.0 Å². The summed E-state index contributed by atoms with van der Waals surface area (Å²) in [6.45, 7) is 3.63. The quantitative estimate of drug-likeness (QED) is 0.457. The molecule has 41 heavy (non-hydrogen) atoms. The van der Waals surface area contributed by atoms with Gasteiger partial charge in [0.1, 0.15) is 18.4 Å². The van der Waals surface area contributed by atoms with Crippen LogP contribution in [-0.4, -0.2) is 78.0 Å². The summed E-state index contributed by atoms with van der Waals surface area (Å²) >= 11 is 0. The fourth-order valence-corrected chi connectivity index (χ4v) is 5.74. The Morgan fingerprint density at radius 2 is 1.90 bits per heavy atom. The Balaban J connectivity index is 1.45. The number of piperidine rings is 1. The van der Waals surface area contributed by atoms with Gasteiger partial charge in [-0.2, -0.15) is 17.6 Å². The predicted molar refractivity (Wildman–Crippen MR) is 134 cm³/mol. The van der Waals surface area contributed by atoms with E-state index in [1.807, 2.05) is 4.90 Å². The zero-order valence-corrected chi connectivity index (χ0v) is 22.2. The number of nitrogens with two attached hydrogens (primary N) is 1. The summed E-state index contributed by atoms with van der Waals surface area (Å²) in [4.78, 5) is 30.7. The van der Waals surface area contributed by atoms with Crippen LogP contribution >= 0.6 is 0 Å². The molecular weight excluding hydrogens is 555 g/mol. The third-order valence-electron chi connectivity index (χ3n) is 8.13. The van der Waals surface area contributed by atoms with Crippen molar-refractivity contribution in [2.45, 2.75) is 56.3 Å². The number of benzene rings is 1. The first kappa shape index (κ1) is 29.1. The lowest BCUT2D eigenvalue weighted by molar-refractivity contribution is -0.272. The molecule has 3 N–H and O–H groups in total. The minimum atomic E-state index is -4.91. The number of hydrogen-bond acceptors (Lipinski definition) is 7. The molecular formula is C27H29F5N4O5. The van der Waals surface area contributed by atoms with E-state index >= 15 is 4.39 Å². The maximum absolute atomic E-state index is 15.2. The molecule has 222 valence electrons. The number of hydrogen-bond donors (Lipinski definition) is 2. The second kappa shape index (κ2) is 10.8. The standard InChI is InChI=1S/C27H29F5N4O5/c1-13-20(17-3-4-18(28)21(29)22(17)39-8-7-36-11-15-10-16(12-36)40-15)23(41-26(13,2)27(30,31)32)25(38)35-14-5-6-34-19(9-14)24(33)37/h3-6,9,13,15-16,20,23H,7-8,10-12H2,1-2H3,(H2,33,37)(H,34,35,38)/t13-,15?,16?,20-,23+,26+/m0/s1. The molecule has 4 aliphatic rings. The van der Waals surface area contributed by atoms with E-state index in [-0.39, 0.29) is 35.8 Å². The smallest absolute Gasteiger partial charge is 0.417 e. The van der Waals surface area contributed by atoms with E-state index in [1.54, 1.807) is 0 Å². The number of rotatable bonds is 8. The van der Waals surface area contributed by atoms with Crippen LogP contribution in [0.2, 0.25) is 0 Å². The van der Waals surface area contributed by atoms with Gasteiger partial charge in [-0.05, 0) is 25.1 Å². The molecule has 14 heteroatoms. The molecule has 6 atom stereocenters. The molecule has 2 aromatic rings. The van der Waals surface area contributed by atoms with Crippen molar-refractivity contribution in [2.24, 2.45) is 11.7 Å². The number of ether oxygens (including phenoxy) is 3. The van der Waals surface area contributed by atoms with Crippen LogP contribution < -0.4 is 15.8 Å². The second-order valence-electron chi connectivity index (χ2n) is 10.7. The fraction of sp³-hybridized carbons (Fsp3) is 0.519. The average Bonchev–Trinajstić information content (AvgIpc) is 3.18. The predicted octanol–water partition coefficient (Wildman–Crippen LogP) is 3.39. The molecule has 1 aromatic heterocycles. The summed E-state index contributed by atoms with van der Waals surface area (Å²) in [5, 5.41) is 2.42. The molecule has 0 radical (unpaired) electrons. The molecule has 2 bridgehead atoms. The van der Waals surface area contributed by atoms with E-state index in [4.69, 9.17) is 19.9 Å². The molecule has 4 aliphatic heterocycles. The van der Waals surface area contributed by atoms with Crippen LogP contribution in [0.15, 0.2) is 30.5 Å². The van der Waals surface area contributed by atoms with Crippen molar-refractivity contribution in [3.63, 3.8) is 0 Å². The normalized spacial score (nSPS) is 29.6. The van der Waals surface area contributed by atoms with E-state index in [0.29, 0.717) is 19.6 Å². The van der Waals surface area contributed by atoms with Crippen molar-refractivity contribution in [3.05, 3.63) is 53.4 Å². The average molecular weight is 585 g/mol. The van der Waals surface area contributed by atoms with Crippen molar-refractivity contribution in [1.82, 2.24) is 9.88 Å². The van der Waals surface area contributed by atoms with E-state index in [9.17, 15) is 27.2 Å². The minimum absolute atomic E-state index is 0.0275. The lowest BCUT2D eigenvalue weighted by Gasteiger charge is -2.47. The Morgan fingerprint density at radius 1 is 1.22 bits per heavy atom. The summed E-state index contributed by atoms with van der Waals surface area (Å²) in [5.74, 6) is -7.90. The van der Waals surface area contributed by atoms with E-state index in [1.165, 1.54) is 19.2 Å². The van der Waals surface area contributed by atoms with Crippen molar-refractivity contribution in [1.29, 1.82) is 0 Å². The van der Waals surface area contributed by atoms with Gasteiger partial charge in [0, 0.05) is 55.3 Å². The van der Waals surface area contributed by atoms with Gasteiger partial charge in [0.25, 0.3) is 11.8 Å². The summed E-state index contributed by atoms with van der Waals surface area (Å²) in [7, 11) is 0. The zero-order valence-electron chi connectivity index (χ0n) is 22.2. The van der Waals surface area contributed by atoms with Crippen LogP contribution in [0, 0.1) is 17.6 Å². The number of primary amides is 1. The highest BCUT2D eigenvalue weighted by Crippen LogP contribution is 2.55. The highest BCUT2D eigenvalue weighted by Gasteiger charge is 2.66. The first-order valence-electron chi connectivity index (χ1n) is 13.1. The van der Waals surface area contributed by atoms with E-state index < -0.39 is 58.9 Å². The molecule has 2 amide bonds. The number of nitrogens with zero attached hydrogens (tertiary/aromatic N) is 2. The van der Waals surface area contributed by atoms with Crippen LogP contribution in [0.4, 0.5) is 27.6 Å². The molecule has 6 rings (SSSR count). The van der Waals surface area contributed by atoms with E-state index in [0.717, 1.165) is 31.5 Å². The number of carbonyl (C=O) groups is 2. The van der Waals surface area contributed by atoms with Gasteiger partial charge in [-0.15, -0.1) is 0 Å². The molecule has 2 unspecified atom stereocenters. The molecule has 0 saturated carbocycles. The lowest BCUT2D eigenvalue weighted by Crippen LogP contribution is -2.57. The van der Waals surface area contributed by atoms with Crippen molar-refractivity contribution in [2.75, 3.05) is 31.6 Å². The molecule has 0 spiro atoms. The molecule has 0 aliphatic carbocycles. The minimum Gasteiger partial charge on any atom is -0.489 e. The number of halogens is 5. The van der Waals surface area contributed by atoms with Crippen LogP contribution in [0.25, 0.3) is 0 Å². The maximum atomic E-state index is 15.2. The number of alkyl halides is 3. The lowest BCUT2D eigenvalue weighted by atomic mass is 9.77. The Kier molecular flexibility index (Phi) is 7.68. The first-order valence-corrected chi connectivity index (χ1v) is 13.1. The number of fused-ring (bicyclic) bond motifs is 2. The second-order valence-corrected chi connectivity index (χ2v) is 10.7. The summed E-state index contributed by atoms with van der Waals surface area (Å²) in [5.41, 5.74) is 2.11. The van der Waals surface area contributed by atoms with Gasteiger partial charge in [0.2, 0.25) is 5.82 Å².